The molecule has 8 rings (SSSR count). The van der Waals surface area contributed by atoms with E-state index in [0.29, 0.717) is 43.9 Å². The molecule has 0 spiro atoms. The summed E-state index contributed by atoms with van der Waals surface area (Å²) in [5.74, 6) is 0. The average molecular weight is 512 g/mol. The van der Waals surface area contributed by atoms with Crippen molar-refractivity contribution in [2.24, 2.45) is 0 Å². The second-order valence-electron chi connectivity index (χ2n) is 9.23. The van der Waals surface area contributed by atoms with Crippen LogP contribution in [0.5, 0.6) is 0 Å². The van der Waals surface area contributed by atoms with E-state index in [1.54, 1.807) is 48.2 Å². The smallest absolute Gasteiger partial charge is 0.200 e. The van der Waals surface area contributed by atoms with Crippen LogP contribution in [0.15, 0.2) is 131 Å². The SMILES string of the molecule is O=c1c2ccccc2oc2cc3c(=O)c4cccc(N5c6ccccc6Sc6ccccc65)c4oc3cc12. The van der Waals surface area contributed by atoms with Crippen molar-refractivity contribution in [3.63, 3.8) is 0 Å². The number of nitrogens with zero attached hydrogens (tertiary/aromatic N) is 1. The molecular formula is C32H17NO4S. The zero-order valence-electron chi connectivity index (χ0n) is 19.8. The van der Waals surface area contributed by atoms with Gasteiger partial charge in [-0.3, -0.25) is 9.59 Å². The molecule has 0 atom stereocenters. The highest BCUT2D eigenvalue weighted by molar-refractivity contribution is 7.99. The van der Waals surface area contributed by atoms with Crippen LogP contribution in [0, 0.1) is 0 Å². The summed E-state index contributed by atoms with van der Waals surface area (Å²) in [5.41, 5.74) is 4.10. The minimum Gasteiger partial charge on any atom is -0.456 e. The molecule has 5 aromatic carbocycles. The maximum absolute atomic E-state index is 13.8. The Morgan fingerprint density at radius 3 is 1.79 bits per heavy atom. The molecule has 3 heterocycles. The van der Waals surface area contributed by atoms with E-state index in [4.69, 9.17) is 8.83 Å². The molecule has 2 aromatic heterocycles. The van der Waals surface area contributed by atoms with Gasteiger partial charge >= 0.3 is 0 Å². The zero-order chi connectivity index (χ0) is 25.4. The van der Waals surface area contributed by atoms with Crippen molar-refractivity contribution in [2.75, 3.05) is 4.90 Å². The number of hydrogen-bond donors (Lipinski definition) is 0. The molecule has 0 unspecified atom stereocenters. The fourth-order valence-electron chi connectivity index (χ4n) is 5.30. The van der Waals surface area contributed by atoms with Gasteiger partial charge in [-0.1, -0.05) is 54.2 Å². The molecule has 38 heavy (non-hydrogen) atoms. The predicted octanol–water partition coefficient (Wildman–Crippen LogP) is 8.14. The van der Waals surface area contributed by atoms with Gasteiger partial charge in [0.1, 0.15) is 16.7 Å². The lowest BCUT2D eigenvalue weighted by Crippen LogP contribution is -2.16. The van der Waals surface area contributed by atoms with Gasteiger partial charge in [0.05, 0.1) is 38.6 Å². The lowest BCUT2D eigenvalue weighted by Gasteiger charge is -2.32. The third kappa shape index (κ3) is 2.95. The van der Waals surface area contributed by atoms with Crippen molar-refractivity contribution in [3.05, 3.63) is 124 Å². The van der Waals surface area contributed by atoms with E-state index in [-0.39, 0.29) is 10.9 Å². The van der Waals surface area contributed by atoms with Gasteiger partial charge in [-0.25, -0.2) is 0 Å². The molecule has 0 amide bonds. The summed E-state index contributed by atoms with van der Waals surface area (Å²) in [5, 5.41) is 1.70. The van der Waals surface area contributed by atoms with Crippen molar-refractivity contribution in [1.29, 1.82) is 0 Å². The molecule has 0 saturated heterocycles. The van der Waals surface area contributed by atoms with Crippen LogP contribution in [-0.4, -0.2) is 0 Å². The van der Waals surface area contributed by atoms with Crippen LogP contribution < -0.4 is 15.8 Å². The van der Waals surface area contributed by atoms with Crippen LogP contribution in [0.4, 0.5) is 17.1 Å². The highest BCUT2D eigenvalue weighted by Crippen LogP contribution is 2.52. The maximum Gasteiger partial charge on any atom is 0.200 e. The minimum absolute atomic E-state index is 0.157. The quantitative estimate of drug-likeness (QED) is 0.207. The average Bonchev–Trinajstić information content (AvgIpc) is 2.96. The summed E-state index contributed by atoms with van der Waals surface area (Å²) in [7, 11) is 0. The summed E-state index contributed by atoms with van der Waals surface area (Å²) in [6.07, 6.45) is 0. The molecular weight excluding hydrogens is 494 g/mol. The highest BCUT2D eigenvalue weighted by atomic mass is 32.2. The second kappa shape index (κ2) is 7.84. The standard InChI is InChI=1S/C32H17NO4S/c34-30-18-8-1-4-13-25(18)36-26-16-21-27(17-20(26)30)37-32-19(31(21)35)9-7-12-24(32)33-22-10-2-5-14-28(22)38-29-15-6-3-11-23(29)33/h1-17H. The third-order valence-electron chi connectivity index (χ3n) is 7.05. The fourth-order valence-corrected chi connectivity index (χ4v) is 6.35. The first-order chi connectivity index (χ1) is 18.7. The van der Waals surface area contributed by atoms with Gasteiger partial charge in [0.25, 0.3) is 0 Å². The molecule has 0 fully saturated rings. The van der Waals surface area contributed by atoms with Crippen LogP contribution in [-0.2, 0) is 0 Å². The van der Waals surface area contributed by atoms with Crippen molar-refractivity contribution in [1.82, 2.24) is 0 Å². The Kier molecular flexibility index (Phi) is 4.39. The Morgan fingerprint density at radius 2 is 1.05 bits per heavy atom. The van der Waals surface area contributed by atoms with E-state index in [0.717, 1.165) is 26.9 Å². The van der Waals surface area contributed by atoms with Crippen molar-refractivity contribution in [3.8, 4) is 0 Å². The first kappa shape index (κ1) is 21.3. The Hall–Kier alpha value is -4.81. The summed E-state index contributed by atoms with van der Waals surface area (Å²) in [6.45, 7) is 0. The zero-order valence-corrected chi connectivity index (χ0v) is 20.6. The van der Waals surface area contributed by atoms with E-state index >= 15 is 0 Å². The number of anilines is 3. The summed E-state index contributed by atoms with van der Waals surface area (Å²) < 4.78 is 12.5. The number of rotatable bonds is 1. The van der Waals surface area contributed by atoms with E-state index in [2.05, 4.69) is 29.2 Å². The third-order valence-corrected chi connectivity index (χ3v) is 8.18. The van der Waals surface area contributed by atoms with Crippen molar-refractivity contribution < 1.29 is 8.83 Å². The lowest BCUT2D eigenvalue weighted by atomic mass is 10.1. The first-order valence-corrected chi connectivity index (χ1v) is 13.0. The topological polar surface area (TPSA) is 63.7 Å². The molecule has 7 aromatic rings. The Balaban J connectivity index is 1.46. The molecule has 0 N–H and O–H groups in total. The summed E-state index contributed by atoms with van der Waals surface area (Å²) >= 11 is 1.72. The molecule has 0 saturated carbocycles. The normalized spacial score (nSPS) is 12.8. The number of benzene rings is 5. The number of para-hydroxylation sites is 4. The first-order valence-electron chi connectivity index (χ1n) is 12.2. The van der Waals surface area contributed by atoms with E-state index in [1.807, 2.05) is 42.5 Å². The molecule has 6 heteroatoms. The van der Waals surface area contributed by atoms with Gasteiger partial charge in [-0.2, -0.15) is 0 Å². The lowest BCUT2D eigenvalue weighted by molar-refractivity contribution is 0.652. The monoisotopic (exact) mass is 511 g/mol. The second-order valence-corrected chi connectivity index (χ2v) is 10.3. The minimum atomic E-state index is -0.172. The maximum atomic E-state index is 13.8. The molecule has 0 bridgehead atoms. The van der Waals surface area contributed by atoms with Crippen LogP contribution >= 0.6 is 11.8 Å². The Labute approximate surface area is 219 Å². The number of hydrogen-bond acceptors (Lipinski definition) is 6. The summed E-state index contributed by atoms with van der Waals surface area (Å²) in [6, 6.07) is 32.4. The Bertz CT molecular complexity index is 2190. The van der Waals surface area contributed by atoms with E-state index < -0.39 is 0 Å². The van der Waals surface area contributed by atoms with Gasteiger partial charge in [0.2, 0.25) is 10.9 Å². The molecule has 1 aliphatic heterocycles. The summed E-state index contributed by atoms with van der Waals surface area (Å²) in [4.78, 5) is 31.4. The predicted molar refractivity (Wildman–Crippen MR) is 152 cm³/mol. The Morgan fingerprint density at radius 1 is 0.500 bits per heavy atom. The van der Waals surface area contributed by atoms with Gasteiger partial charge in [-0.05, 0) is 60.7 Å². The van der Waals surface area contributed by atoms with E-state index in [9.17, 15) is 9.59 Å². The van der Waals surface area contributed by atoms with Gasteiger partial charge < -0.3 is 13.7 Å². The largest absolute Gasteiger partial charge is 0.456 e. The van der Waals surface area contributed by atoms with Crippen LogP contribution in [0.2, 0.25) is 0 Å². The number of fused-ring (bicyclic) bond motifs is 6. The molecule has 0 aliphatic carbocycles. The van der Waals surface area contributed by atoms with E-state index in [1.165, 1.54) is 0 Å². The van der Waals surface area contributed by atoms with Gasteiger partial charge in [0.15, 0.2) is 5.58 Å². The van der Waals surface area contributed by atoms with Crippen molar-refractivity contribution in [2.45, 2.75) is 9.79 Å². The van der Waals surface area contributed by atoms with Crippen LogP contribution in [0.3, 0.4) is 0 Å². The molecule has 180 valence electrons. The molecule has 5 nitrogen and oxygen atoms in total. The van der Waals surface area contributed by atoms with Crippen LogP contribution in [0.25, 0.3) is 43.9 Å². The molecule has 1 aliphatic rings. The van der Waals surface area contributed by atoms with Gasteiger partial charge in [0, 0.05) is 9.79 Å². The highest BCUT2D eigenvalue weighted by Gasteiger charge is 2.27. The van der Waals surface area contributed by atoms with Gasteiger partial charge in [-0.15, -0.1) is 0 Å². The van der Waals surface area contributed by atoms with Crippen molar-refractivity contribution >= 4 is 72.7 Å². The fraction of sp³-hybridized carbons (Fsp3) is 0. The molecule has 0 radical (unpaired) electrons. The van der Waals surface area contributed by atoms with Crippen LogP contribution in [0.1, 0.15) is 0 Å².